The van der Waals surface area contributed by atoms with E-state index >= 15 is 0 Å². The second-order valence-electron chi connectivity index (χ2n) is 8.23. The highest BCUT2D eigenvalue weighted by Gasteiger charge is 2.26. The first-order valence-electron chi connectivity index (χ1n) is 10.00. The van der Waals surface area contributed by atoms with Gasteiger partial charge in [0.25, 0.3) is 0 Å². The summed E-state index contributed by atoms with van der Waals surface area (Å²) in [6.45, 7) is 7.16. The molecule has 0 saturated carbocycles. The molecule has 2 N–H and O–H groups in total. The topological polar surface area (TPSA) is 44.4 Å². The predicted octanol–water partition coefficient (Wildman–Crippen LogP) is 4.07. The summed E-state index contributed by atoms with van der Waals surface area (Å²) >= 11 is 0. The number of halogens is 1. The van der Waals surface area contributed by atoms with E-state index in [-0.39, 0.29) is 17.9 Å². The van der Waals surface area contributed by atoms with E-state index in [1.54, 1.807) is 12.1 Å². The average molecular weight is 384 g/mol. The van der Waals surface area contributed by atoms with Crippen molar-refractivity contribution < 1.29 is 9.18 Å². The highest BCUT2D eigenvalue weighted by atomic mass is 19.1. The molecular weight excluding hydrogens is 353 g/mol. The molecule has 3 rings (SSSR count). The number of carbonyl (C=O) groups is 1. The van der Waals surface area contributed by atoms with Crippen LogP contribution in [0.5, 0.6) is 0 Å². The Kier molecular flexibility index (Phi) is 6.68. The van der Waals surface area contributed by atoms with Crippen LogP contribution in [-0.4, -0.2) is 36.6 Å². The molecule has 1 fully saturated rings. The summed E-state index contributed by atoms with van der Waals surface area (Å²) in [5, 5.41) is 5.99. The van der Waals surface area contributed by atoms with Crippen LogP contribution >= 0.6 is 0 Å². The summed E-state index contributed by atoms with van der Waals surface area (Å²) in [7, 11) is 0. The van der Waals surface area contributed by atoms with Crippen molar-refractivity contribution in [1.29, 1.82) is 0 Å². The molecule has 1 aliphatic rings. The number of amides is 2. The van der Waals surface area contributed by atoms with Crippen LogP contribution in [0.4, 0.5) is 9.18 Å². The number of rotatable bonds is 6. The second kappa shape index (κ2) is 9.20. The van der Waals surface area contributed by atoms with Crippen LogP contribution < -0.4 is 10.6 Å². The summed E-state index contributed by atoms with van der Waals surface area (Å²) in [6, 6.07) is 17.2. The molecule has 0 spiro atoms. The monoisotopic (exact) mass is 383 g/mol. The van der Waals surface area contributed by atoms with Gasteiger partial charge in [0, 0.05) is 37.6 Å². The SMILES string of the molecule is CC(C)(CNC(=O)NC1CCN(Cc2ccccc2)CC1)c1ccccc1F. The zero-order valence-electron chi connectivity index (χ0n) is 16.7. The lowest BCUT2D eigenvalue weighted by molar-refractivity contribution is 0.186. The van der Waals surface area contributed by atoms with Crippen LogP contribution in [0.25, 0.3) is 0 Å². The Bertz CT molecular complexity index is 770. The van der Waals surface area contributed by atoms with Crippen molar-refractivity contribution in [2.24, 2.45) is 0 Å². The van der Waals surface area contributed by atoms with Gasteiger partial charge in [0.1, 0.15) is 5.82 Å². The standard InChI is InChI=1S/C23H30FN3O/c1-23(2,20-10-6-7-11-21(20)24)17-25-22(28)26-19-12-14-27(15-13-19)16-18-8-4-3-5-9-18/h3-11,19H,12-17H2,1-2H3,(H2,25,26,28). The van der Waals surface area contributed by atoms with Crippen molar-refractivity contribution in [3.05, 3.63) is 71.5 Å². The molecule has 1 aliphatic heterocycles. The predicted molar refractivity (Wildman–Crippen MR) is 111 cm³/mol. The van der Waals surface area contributed by atoms with Gasteiger partial charge in [0.2, 0.25) is 0 Å². The zero-order valence-corrected chi connectivity index (χ0v) is 16.7. The summed E-state index contributed by atoms with van der Waals surface area (Å²) in [4.78, 5) is 14.7. The molecule has 0 aliphatic carbocycles. The van der Waals surface area contributed by atoms with Crippen LogP contribution in [0.15, 0.2) is 54.6 Å². The fraction of sp³-hybridized carbons (Fsp3) is 0.435. The molecular formula is C23H30FN3O. The largest absolute Gasteiger partial charge is 0.337 e. The highest BCUT2D eigenvalue weighted by Crippen LogP contribution is 2.24. The first kappa shape index (κ1) is 20.3. The van der Waals surface area contributed by atoms with Crippen molar-refractivity contribution in [3.63, 3.8) is 0 Å². The molecule has 0 unspecified atom stereocenters. The molecule has 4 nitrogen and oxygen atoms in total. The smallest absolute Gasteiger partial charge is 0.315 e. The Hall–Kier alpha value is -2.40. The molecule has 0 aromatic heterocycles. The van der Waals surface area contributed by atoms with E-state index in [0.29, 0.717) is 12.1 Å². The number of piperidine rings is 1. The van der Waals surface area contributed by atoms with E-state index in [4.69, 9.17) is 0 Å². The van der Waals surface area contributed by atoms with Crippen molar-refractivity contribution in [1.82, 2.24) is 15.5 Å². The number of carbonyl (C=O) groups excluding carboxylic acids is 1. The number of nitrogens with zero attached hydrogens (tertiary/aromatic N) is 1. The second-order valence-corrected chi connectivity index (χ2v) is 8.23. The summed E-state index contributed by atoms with van der Waals surface area (Å²) in [6.07, 6.45) is 1.88. The van der Waals surface area contributed by atoms with Crippen LogP contribution in [0.1, 0.15) is 37.8 Å². The molecule has 5 heteroatoms. The zero-order chi connectivity index (χ0) is 20.0. The Balaban J connectivity index is 1.42. The van der Waals surface area contributed by atoms with Gasteiger partial charge in [0.05, 0.1) is 0 Å². The maximum absolute atomic E-state index is 14.0. The molecule has 1 saturated heterocycles. The van der Waals surface area contributed by atoms with Crippen molar-refractivity contribution in [2.75, 3.05) is 19.6 Å². The molecule has 2 aromatic rings. The van der Waals surface area contributed by atoms with Gasteiger partial charge in [-0.2, -0.15) is 0 Å². The van der Waals surface area contributed by atoms with Crippen molar-refractivity contribution in [3.8, 4) is 0 Å². The van der Waals surface area contributed by atoms with Gasteiger partial charge in [-0.3, -0.25) is 4.90 Å². The molecule has 0 bridgehead atoms. The third-order valence-corrected chi connectivity index (χ3v) is 5.47. The molecule has 2 aromatic carbocycles. The quantitative estimate of drug-likeness (QED) is 0.790. The highest BCUT2D eigenvalue weighted by molar-refractivity contribution is 5.74. The minimum Gasteiger partial charge on any atom is -0.337 e. The van der Waals surface area contributed by atoms with Crippen LogP contribution in [0.2, 0.25) is 0 Å². The van der Waals surface area contributed by atoms with Gasteiger partial charge >= 0.3 is 6.03 Å². The maximum Gasteiger partial charge on any atom is 0.315 e. The minimum atomic E-state index is -0.471. The van der Waals surface area contributed by atoms with Crippen LogP contribution in [0, 0.1) is 5.82 Å². The Morgan fingerprint density at radius 3 is 2.39 bits per heavy atom. The number of likely N-dealkylation sites (tertiary alicyclic amines) is 1. The minimum absolute atomic E-state index is 0.175. The molecule has 1 heterocycles. The molecule has 0 radical (unpaired) electrons. The van der Waals surface area contributed by atoms with Gasteiger partial charge in [-0.25, -0.2) is 9.18 Å². The van der Waals surface area contributed by atoms with Crippen molar-refractivity contribution in [2.45, 2.75) is 44.7 Å². The third kappa shape index (κ3) is 5.55. The third-order valence-electron chi connectivity index (χ3n) is 5.47. The number of hydrogen-bond acceptors (Lipinski definition) is 2. The summed E-state index contributed by atoms with van der Waals surface area (Å²) in [5.41, 5.74) is 1.47. The Morgan fingerprint density at radius 2 is 1.71 bits per heavy atom. The molecule has 28 heavy (non-hydrogen) atoms. The van der Waals surface area contributed by atoms with Gasteiger partial charge in [-0.05, 0) is 30.0 Å². The van der Waals surface area contributed by atoms with Crippen molar-refractivity contribution >= 4 is 6.03 Å². The number of benzene rings is 2. The van der Waals surface area contributed by atoms with Gasteiger partial charge < -0.3 is 10.6 Å². The summed E-state index contributed by atoms with van der Waals surface area (Å²) in [5.74, 6) is -0.236. The van der Waals surface area contributed by atoms with Gasteiger partial charge in [-0.15, -0.1) is 0 Å². The lowest BCUT2D eigenvalue weighted by atomic mass is 9.84. The molecule has 0 atom stereocenters. The number of hydrogen-bond donors (Lipinski definition) is 2. The maximum atomic E-state index is 14.0. The molecule has 150 valence electrons. The molecule has 2 amide bonds. The first-order valence-corrected chi connectivity index (χ1v) is 10.00. The average Bonchev–Trinajstić information content (AvgIpc) is 2.69. The van der Waals surface area contributed by atoms with Gasteiger partial charge in [-0.1, -0.05) is 62.4 Å². The Morgan fingerprint density at radius 1 is 1.07 bits per heavy atom. The van der Waals surface area contributed by atoms with Gasteiger partial charge in [0.15, 0.2) is 0 Å². The summed E-state index contributed by atoms with van der Waals surface area (Å²) < 4.78 is 14.0. The van der Waals surface area contributed by atoms with E-state index in [9.17, 15) is 9.18 Å². The normalized spacial score (nSPS) is 16.0. The van der Waals surface area contributed by atoms with Crippen LogP contribution in [-0.2, 0) is 12.0 Å². The fourth-order valence-electron chi connectivity index (χ4n) is 3.72. The van der Waals surface area contributed by atoms with E-state index in [1.807, 2.05) is 26.0 Å². The first-order chi connectivity index (χ1) is 13.4. The van der Waals surface area contributed by atoms with Crippen LogP contribution in [0.3, 0.4) is 0 Å². The van der Waals surface area contributed by atoms with E-state index in [2.05, 4.69) is 39.8 Å². The fourth-order valence-corrected chi connectivity index (χ4v) is 3.72. The number of nitrogens with one attached hydrogen (secondary N) is 2. The van der Waals surface area contributed by atoms with E-state index in [0.717, 1.165) is 32.5 Å². The van der Waals surface area contributed by atoms with E-state index < -0.39 is 5.41 Å². The number of urea groups is 1. The Labute approximate surface area is 167 Å². The lowest BCUT2D eigenvalue weighted by Gasteiger charge is -2.33. The van der Waals surface area contributed by atoms with E-state index in [1.165, 1.54) is 11.6 Å². The lowest BCUT2D eigenvalue weighted by Crippen LogP contribution is -2.49.